The van der Waals surface area contributed by atoms with E-state index in [0.717, 1.165) is 0 Å². The molecular formula is C14H19N5O3. The summed E-state index contributed by atoms with van der Waals surface area (Å²) in [6, 6.07) is 0. The molecule has 1 fully saturated rings. The number of hydrogen-bond donors (Lipinski definition) is 1. The van der Waals surface area contributed by atoms with Crippen LogP contribution in [0.1, 0.15) is 17.4 Å². The summed E-state index contributed by atoms with van der Waals surface area (Å²) in [5, 5.41) is 2.58. The molecule has 2 heterocycles. The lowest BCUT2D eigenvalue weighted by molar-refractivity contribution is -0.130. The smallest absolute Gasteiger partial charge is 0.274 e. The second kappa shape index (κ2) is 6.97. The van der Waals surface area contributed by atoms with Crippen molar-refractivity contribution in [3.63, 3.8) is 0 Å². The van der Waals surface area contributed by atoms with Crippen LogP contribution in [-0.2, 0) is 9.59 Å². The van der Waals surface area contributed by atoms with Crippen molar-refractivity contribution in [1.82, 2.24) is 25.1 Å². The maximum atomic E-state index is 12.5. The number of hydrogen-bond acceptors (Lipinski definition) is 5. The molecule has 0 bridgehead atoms. The molecule has 0 radical (unpaired) electrons. The predicted octanol–water partition coefficient (Wildman–Crippen LogP) is -0.857. The summed E-state index contributed by atoms with van der Waals surface area (Å²) in [6.07, 6.45) is 4.33. The number of carbonyl (C=O) groups is 3. The zero-order valence-corrected chi connectivity index (χ0v) is 12.7. The lowest BCUT2D eigenvalue weighted by atomic mass is 10.1. The molecule has 1 aliphatic rings. The first-order valence-corrected chi connectivity index (χ1v) is 7.05. The standard InChI is InChI=1S/C14H19N5O3/c1-10(20)18-5-6-19(9-11(8-18)13(21)15-2)14(22)12-7-16-3-4-17-12/h3-4,7,11H,5-6,8-9H2,1-2H3,(H,15,21)/t11-/m1/s1. The second-order valence-corrected chi connectivity index (χ2v) is 5.12. The third kappa shape index (κ3) is 3.57. The minimum absolute atomic E-state index is 0.109. The highest BCUT2D eigenvalue weighted by Gasteiger charge is 2.31. The summed E-state index contributed by atoms with van der Waals surface area (Å²) in [4.78, 5) is 47.1. The van der Waals surface area contributed by atoms with Crippen molar-refractivity contribution in [2.75, 3.05) is 33.2 Å². The first kappa shape index (κ1) is 15.9. The fourth-order valence-corrected chi connectivity index (χ4v) is 2.43. The van der Waals surface area contributed by atoms with Crippen LogP contribution in [0, 0.1) is 5.92 Å². The minimum atomic E-state index is -0.461. The average Bonchev–Trinajstić information content (AvgIpc) is 2.77. The molecule has 1 aromatic rings. The van der Waals surface area contributed by atoms with E-state index in [1.54, 1.807) is 16.8 Å². The van der Waals surface area contributed by atoms with Crippen LogP contribution in [0.15, 0.2) is 18.6 Å². The number of amides is 3. The van der Waals surface area contributed by atoms with Crippen LogP contribution in [0.2, 0.25) is 0 Å². The lowest BCUT2D eigenvalue weighted by Gasteiger charge is -2.22. The van der Waals surface area contributed by atoms with Crippen molar-refractivity contribution in [1.29, 1.82) is 0 Å². The van der Waals surface area contributed by atoms with Crippen molar-refractivity contribution >= 4 is 17.7 Å². The van der Waals surface area contributed by atoms with E-state index in [1.165, 1.54) is 25.5 Å². The van der Waals surface area contributed by atoms with Gasteiger partial charge in [0.05, 0.1) is 12.1 Å². The topological polar surface area (TPSA) is 95.5 Å². The number of nitrogens with one attached hydrogen (secondary N) is 1. The summed E-state index contributed by atoms with van der Waals surface area (Å²) in [5.74, 6) is -1.04. The molecule has 0 aromatic carbocycles. The lowest BCUT2D eigenvalue weighted by Crippen LogP contribution is -2.42. The Morgan fingerprint density at radius 1 is 1.18 bits per heavy atom. The van der Waals surface area contributed by atoms with Crippen LogP contribution in [0.3, 0.4) is 0 Å². The Morgan fingerprint density at radius 2 is 1.86 bits per heavy atom. The van der Waals surface area contributed by atoms with Gasteiger partial charge in [-0.3, -0.25) is 19.4 Å². The van der Waals surface area contributed by atoms with E-state index in [0.29, 0.717) is 19.6 Å². The quantitative estimate of drug-likeness (QED) is 0.767. The number of nitrogens with zero attached hydrogens (tertiary/aromatic N) is 4. The molecule has 1 atom stereocenters. The SMILES string of the molecule is CNC(=O)[C@@H]1CN(C(C)=O)CCN(C(=O)c2cnccn2)C1. The minimum Gasteiger partial charge on any atom is -0.359 e. The molecule has 0 aliphatic carbocycles. The fourth-order valence-electron chi connectivity index (χ4n) is 2.43. The molecule has 0 saturated carbocycles. The van der Waals surface area contributed by atoms with Gasteiger partial charge in [-0.1, -0.05) is 0 Å². The Kier molecular flexibility index (Phi) is 5.03. The van der Waals surface area contributed by atoms with E-state index in [4.69, 9.17) is 0 Å². The van der Waals surface area contributed by atoms with E-state index in [9.17, 15) is 14.4 Å². The highest BCUT2D eigenvalue weighted by Crippen LogP contribution is 2.12. The highest BCUT2D eigenvalue weighted by atomic mass is 16.2. The molecule has 1 N–H and O–H groups in total. The Balaban J connectivity index is 2.19. The summed E-state index contributed by atoms with van der Waals surface area (Å²) in [5.41, 5.74) is 0.231. The van der Waals surface area contributed by atoms with Crippen LogP contribution in [0.4, 0.5) is 0 Å². The Bertz CT molecular complexity index is 563. The number of carbonyl (C=O) groups excluding carboxylic acids is 3. The molecule has 22 heavy (non-hydrogen) atoms. The van der Waals surface area contributed by atoms with Gasteiger partial charge in [-0.05, 0) is 0 Å². The normalized spacial score (nSPS) is 18.5. The van der Waals surface area contributed by atoms with Crippen LogP contribution in [-0.4, -0.2) is 70.7 Å². The van der Waals surface area contributed by atoms with Gasteiger partial charge in [0.1, 0.15) is 5.69 Å². The maximum Gasteiger partial charge on any atom is 0.274 e. The first-order valence-electron chi connectivity index (χ1n) is 7.05. The van der Waals surface area contributed by atoms with E-state index in [-0.39, 0.29) is 30.0 Å². The van der Waals surface area contributed by atoms with Gasteiger partial charge in [0, 0.05) is 52.5 Å². The number of rotatable bonds is 2. The third-order valence-corrected chi connectivity index (χ3v) is 3.65. The van der Waals surface area contributed by atoms with E-state index >= 15 is 0 Å². The maximum absolute atomic E-state index is 12.5. The summed E-state index contributed by atoms with van der Waals surface area (Å²) < 4.78 is 0. The monoisotopic (exact) mass is 305 g/mol. The molecule has 3 amide bonds. The Hall–Kier alpha value is -2.51. The molecular weight excluding hydrogens is 286 g/mol. The molecule has 118 valence electrons. The van der Waals surface area contributed by atoms with Crippen molar-refractivity contribution in [2.24, 2.45) is 5.92 Å². The molecule has 1 aliphatic heterocycles. The molecule has 8 nitrogen and oxygen atoms in total. The van der Waals surface area contributed by atoms with Crippen molar-refractivity contribution < 1.29 is 14.4 Å². The summed E-state index contributed by atoms with van der Waals surface area (Å²) in [7, 11) is 1.54. The van der Waals surface area contributed by atoms with Crippen LogP contribution in [0.25, 0.3) is 0 Å². The zero-order valence-electron chi connectivity index (χ0n) is 12.7. The third-order valence-electron chi connectivity index (χ3n) is 3.65. The largest absolute Gasteiger partial charge is 0.359 e. The van der Waals surface area contributed by atoms with Gasteiger partial charge in [0.2, 0.25) is 11.8 Å². The van der Waals surface area contributed by atoms with Crippen molar-refractivity contribution in [3.05, 3.63) is 24.3 Å². The molecule has 1 aromatic heterocycles. The molecule has 8 heteroatoms. The molecule has 0 spiro atoms. The molecule has 0 unspecified atom stereocenters. The fraction of sp³-hybridized carbons (Fsp3) is 0.500. The van der Waals surface area contributed by atoms with Gasteiger partial charge in [0.15, 0.2) is 0 Å². The van der Waals surface area contributed by atoms with Gasteiger partial charge >= 0.3 is 0 Å². The average molecular weight is 305 g/mol. The van der Waals surface area contributed by atoms with E-state index in [2.05, 4.69) is 15.3 Å². The van der Waals surface area contributed by atoms with Crippen molar-refractivity contribution in [3.8, 4) is 0 Å². The van der Waals surface area contributed by atoms with Gasteiger partial charge in [-0.25, -0.2) is 4.98 Å². The van der Waals surface area contributed by atoms with Crippen LogP contribution >= 0.6 is 0 Å². The van der Waals surface area contributed by atoms with Gasteiger partial charge in [-0.2, -0.15) is 0 Å². The predicted molar refractivity (Wildman–Crippen MR) is 77.7 cm³/mol. The second-order valence-electron chi connectivity index (χ2n) is 5.12. The van der Waals surface area contributed by atoms with Gasteiger partial charge in [-0.15, -0.1) is 0 Å². The van der Waals surface area contributed by atoms with E-state index < -0.39 is 5.92 Å². The molecule has 2 rings (SSSR count). The first-order chi connectivity index (χ1) is 10.5. The Labute approximate surface area is 128 Å². The van der Waals surface area contributed by atoms with Gasteiger partial charge in [0.25, 0.3) is 5.91 Å². The van der Waals surface area contributed by atoms with Crippen molar-refractivity contribution in [2.45, 2.75) is 6.92 Å². The van der Waals surface area contributed by atoms with Crippen LogP contribution in [0.5, 0.6) is 0 Å². The molecule has 1 saturated heterocycles. The Morgan fingerprint density at radius 3 is 2.45 bits per heavy atom. The summed E-state index contributed by atoms with van der Waals surface area (Å²) in [6.45, 7) is 2.77. The van der Waals surface area contributed by atoms with Crippen LogP contribution < -0.4 is 5.32 Å². The highest BCUT2D eigenvalue weighted by molar-refractivity contribution is 5.92. The van der Waals surface area contributed by atoms with Gasteiger partial charge < -0.3 is 15.1 Å². The number of aromatic nitrogens is 2. The van der Waals surface area contributed by atoms with E-state index in [1.807, 2.05) is 0 Å². The summed E-state index contributed by atoms with van der Waals surface area (Å²) >= 11 is 0. The zero-order chi connectivity index (χ0) is 16.1.